The Morgan fingerprint density at radius 2 is 2.08 bits per heavy atom. The van der Waals surface area contributed by atoms with E-state index in [1.165, 1.54) is 37.0 Å². The van der Waals surface area contributed by atoms with Crippen LogP contribution in [0.15, 0.2) is 24.3 Å². The Morgan fingerprint density at radius 1 is 1.27 bits per heavy atom. The number of carbonyl (C=O) groups is 2. The van der Waals surface area contributed by atoms with Crippen molar-refractivity contribution in [1.82, 2.24) is 10.6 Å². The maximum absolute atomic E-state index is 12.4. The Bertz CT molecular complexity index is 849. The van der Waals surface area contributed by atoms with E-state index in [9.17, 15) is 9.59 Å². The predicted octanol–water partition coefficient (Wildman–Crippen LogP) is 4.23. The van der Waals surface area contributed by atoms with Crippen molar-refractivity contribution in [2.45, 2.75) is 38.6 Å². The number of thiophene rings is 1. The minimum absolute atomic E-state index is 0.0193. The smallest absolute Gasteiger partial charge is 0.263 e. The van der Waals surface area contributed by atoms with Gasteiger partial charge in [0.1, 0.15) is 4.88 Å². The highest BCUT2D eigenvalue weighted by atomic mass is 35.5. The molecule has 1 heterocycles. The van der Waals surface area contributed by atoms with Gasteiger partial charge in [0.25, 0.3) is 5.91 Å². The van der Waals surface area contributed by atoms with Gasteiger partial charge in [-0.05, 0) is 50.0 Å². The normalized spacial score (nSPS) is 25.4. The lowest BCUT2D eigenvalue weighted by atomic mass is 9.84. The first-order valence-electron chi connectivity index (χ1n) is 9.27. The second-order valence-electron chi connectivity index (χ2n) is 7.62. The summed E-state index contributed by atoms with van der Waals surface area (Å²) >= 11 is 7.67. The van der Waals surface area contributed by atoms with Gasteiger partial charge in [0.05, 0.1) is 11.6 Å². The van der Waals surface area contributed by atoms with Crippen molar-refractivity contribution in [2.24, 2.45) is 17.8 Å². The maximum atomic E-state index is 12.4. The molecule has 6 heteroatoms. The zero-order valence-electron chi connectivity index (χ0n) is 14.8. The van der Waals surface area contributed by atoms with Crippen LogP contribution in [0.2, 0.25) is 5.02 Å². The Labute approximate surface area is 162 Å². The van der Waals surface area contributed by atoms with E-state index >= 15 is 0 Å². The zero-order valence-corrected chi connectivity index (χ0v) is 16.3. The van der Waals surface area contributed by atoms with E-state index in [4.69, 9.17) is 11.6 Å². The monoisotopic (exact) mass is 390 g/mol. The molecule has 4 nitrogen and oxygen atoms in total. The van der Waals surface area contributed by atoms with Gasteiger partial charge in [-0.2, -0.15) is 0 Å². The van der Waals surface area contributed by atoms with Crippen LogP contribution < -0.4 is 10.6 Å². The van der Waals surface area contributed by atoms with Crippen molar-refractivity contribution in [1.29, 1.82) is 0 Å². The number of carbonyl (C=O) groups excluding carboxylic acids is 2. The Morgan fingerprint density at radius 3 is 2.77 bits per heavy atom. The molecule has 0 unspecified atom stereocenters. The minimum Gasteiger partial charge on any atom is -0.352 e. The first-order valence-corrected chi connectivity index (χ1v) is 10.5. The molecule has 1 aromatic carbocycles. The summed E-state index contributed by atoms with van der Waals surface area (Å²) in [7, 11) is 0. The van der Waals surface area contributed by atoms with Gasteiger partial charge in [-0.25, -0.2) is 0 Å². The van der Waals surface area contributed by atoms with Crippen molar-refractivity contribution < 1.29 is 9.59 Å². The van der Waals surface area contributed by atoms with E-state index < -0.39 is 0 Å². The molecule has 2 aliphatic rings. The molecule has 0 aliphatic heterocycles. The summed E-state index contributed by atoms with van der Waals surface area (Å²) < 4.78 is 0.969. The van der Waals surface area contributed by atoms with E-state index in [0.717, 1.165) is 21.9 Å². The standard InChI is InChI=1S/C20H23ClN2O2S/c1-11(15-9-12-6-7-13(15)8-12)23-17(24)10-22-20(25)19-18(21)14-4-2-3-5-16(14)26-19/h2-5,11-13,15H,6-10H2,1H3,(H,22,25)(H,23,24)/t11-,12+,13+,15-/m0/s1. The fourth-order valence-corrected chi connectivity index (χ4v) is 6.15. The summed E-state index contributed by atoms with van der Waals surface area (Å²) in [4.78, 5) is 25.1. The number of hydrogen-bond acceptors (Lipinski definition) is 3. The summed E-state index contributed by atoms with van der Waals surface area (Å²) in [6.07, 6.45) is 5.21. The molecule has 2 N–H and O–H groups in total. The molecule has 4 atom stereocenters. The van der Waals surface area contributed by atoms with Crippen LogP contribution in [0.3, 0.4) is 0 Å². The van der Waals surface area contributed by atoms with Gasteiger partial charge in [-0.15, -0.1) is 11.3 Å². The molecule has 2 amide bonds. The van der Waals surface area contributed by atoms with Crippen LogP contribution in [0.5, 0.6) is 0 Å². The van der Waals surface area contributed by atoms with Gasteiger partial charge in [0, 0.05) is 16.1 Å². The number of halogens is 1. The summed E-state index contributed by atoms with van der Waals surface area (Å²) in [6.45, 7) is 2.07. The SMILES string of the molecule is C[C@H](NC(=O)CNC(=O)c1sc2ccccc2c1Cl)[C@@H]1C[C@@H]2CC[C@@H]1C2. The summed E-state index contributed by atoms with van der Waals surface area (Å²) in [6, 6.07) is 7.82. The number of amides is 2. The fraction of sp³-hybridized carbons (Fsp3) is 0.500. The first kappa shape index (κ1) is 17.8. The quantitative estimate of drug-likeness (QED) is 0.802. The molecule has 4 rings (SSSR count). The van der Waals surface area contributed by atoms with Crippen molar-refractivity contribution in [3.63, 3.8) is 0 Å². The van der Waals surface area contributed by atoms with E-state index in [2.05, 4.69) is 17.6 Å². The van der Waals surface area contributed by atoms with Gasteiger partial charge in [-0.1, -0.05) is 36.2 Å². The predicted molar refractivity (Wildman–Crippen MR) is 106 cm³/mol. The van der Waals surface area contributed by atoms with Crippen molar-refractivity contribution >= 4 is 44.8 Å². The maximum Gasteiger partial charge on any atom is 0.263 e. The van der Waals surface area contributed by atoms with Gasteiger partial charge >= 0.3 is 0 Å². The molecule has 2 aromatic rings. The molecular formula is C20H23ClN2O2S. The molecule has 1 aromatic heterocycles. The molecule has 0 radical (unpaired) electrons. The van der Waals surface area contributed by atoms with Crippen LogP contribution in [0.4, 0.5) is 0 Å². The Kier molecular flexibility index (Phi) is 4.93. The second kappa shape index (κ2) is 7.20. The fourth-order valence-electron chi connectivity index (χ4n) is 4.72. The van der Waals surface area contributed by atoms with Crippen LogP contribution in [-0.4, -0.2) is 24.4 Å². The lowest BCUT2D eigenvalue weighted by Crippen LogP contribution is -2.44. The Balaban J connectivity index is 1.32. The Hall–Kier alpha value is -1.59. The summed E-state index contributed by atoms with van der Waals surface area (Å²) in [5, 5.41) is 7.11. The highest BCUT2D eigenvalue weighted by molar-refractivity contribution is 7.21. The van der Waals surface area contributed by atoms with Crippen molar-refractivity contribution in [3.05, 3.63) is 34.2 Å². The number of hydrogen-bond donors (Lipinski definition) is 2. The van der Waals surface area contributed by atoms with Crippen molar-refractivity contribution in [2.75, 3.05) is 6.54 Å². The van der Waals surface area contributed by atoms with E-state index in [1.54, 1.807) is 0 Å². The van der Waals surface area contributed by atoms with Gasteiger partial charge in [-0.3, -0.25) is 9.59 Å². The van der Waals surface area contributed by atoms with Gasteiger partial charge < -0.3 is 10.6 Å². The molecule has 2 bridgehead atoms. The van der Waals surface area contributed by atoms with E-state index in [-0.39, 0.29) is 24.4 Å². The lowest BCUT2D eigenvalue weighted by Gasteiger charge is -2.28. The molecule has 2 fully saturated rings. The van der Waals surface area contributed by atoms with Crippen LogP contribution in [-0.2, 0) is 4.79 Å². The number of nitrogens with one attached hydrogen (secondary N) is 2. The van der Waals surface area contributed by atoms with Crippen LogP contribution in [0, 0.1) is 17.8 Å². The van der Waals surface area contributed by atoms with Crippen LogP contribution in [0.25, 0.3) is 10.1 Å². The topological polar surface area (TPSA) is 58.2 Å². The molecule has 26 heavy (non-hydrogen) atoms. The molecule has 2 saturated carbocycles. The molecule has 138 valence electrons. The average molecular weight is 391 g/mol. The largest absolute Gasteiger partial charge is 0.352 e. The molecule has 2 aliphatic carbocycles. The highest BCUT2D eigenvalue weighted by Gasteiger charge is 2.42. The molecule has 0 saturated heterocycles. The minimum atomic E-state index is -0.293. The highest BCUT2D eigenvalue weighted by Crippen LogP contribution is 2.49. The zero-order chi connectivity index (χ0) is 18.3. The van der Waals surface area contributed by atoms with E-state index in [1.807, 2.05) is 24.3 Å². The summed E-state index contributed by atoms with van der Waals surface area (Å²) in [5.74, 6) is 1.79. The molecular weight excluding hydrogens is 368 g/mol. The van der Waals surface area contributed by atoms with Crippen LogP contribution >= 0.6 is 22.9 Å². The van der Waals surface area contributed by atoms with E-state index in [0.29, 0.717) is 15.8 Å². The number of fused-ring (bicyclic) bond motifs is 3. The molecule has 0 spiro atoms. The number of rotatable bonds is 5. The number of benzene rings is 1. The van der Waals surface area contributed by atoms with Crippen molar-refractivity contribution in [3.8, 4) is 0 Å². The summed E-state index contributed by atoms with van der Waals surface area (Å²) in [5.41, 5.74) is 0. The third-order valence-electron chi connectivity index (χ3n) is 5.97. The van der Waals surface area contributed by atoms with Gasteiger partial charge in [0.15, 0.2) is 0 Å². The average Bonchev–Trinajstić information content (AvgIpc) is 3.34. The first-order chi connectivity index (χ1) is 12.5. The lowest BCUT2D eigenvalue weighted by molar-refractivity contribution is -0.121. The second-order valence-corrected chi connectivity index (χ2v) is 9.05. The third kappa shape index (κ3) is 3.35. The van der Waals surface area contributed by atoms with Gasteiger partial charge in [0.2, 0.25) is 5.91 Å². The van der Waals surface area contributed by atoms with Crippen LogP contribution in [0.1, 0.15) is 42.3 Å². The third-order valence-corrected chi connectivity index (χ3v) is 7.65.